The molecule has 1 spiro atoms. The summed E-state index contributed by atoms with van der Waals surface area (Å²) in [5, 5.41) is 6.17. The Bertz CT molecular complexity index is 2330. The summed E-state index contributed by atoms with van der Waals surface area (Å²) in [5.41, 5.74) is 6.87. The van der Waals surface area contributed by atoms with Crippen LogP contribution in [0, 0.1) is 0 Å². The number of nitrogens with zero attached hydrogens (tertiary/aromatic N) is 7. The molecule has 0 bridgehead atoms. The molecule has 0 saturated heterocycles. The number of amidine groups is 5. The minimum Gasteiger partial charge on any atom is -0.280 e. The Morgan fingerprint density at radius 1 is 0.610 bits per heavy atom. The number of rotatable bonds is 0. The first-order chi connectivity index (χ1) is 20.4. The quantitative estimate of drug-likeness (QED) is 0.306. The third-order valence-electron chi connectivity index (χ3n) is 9.64. The summed E-state index contributed by atoms with van der Waals surface area (Å²) in [4.78, 5) is 18.8. The van der Waals surface area contributed by atoms with Gasteiger partial charge in [-0.3, -0.25) is 5.32 Å². The van der Waals surface area contributed by atoms with Crippen molar-refractivity contribution in [1.82, 2.24) is 14.8 Å². The standard InChI is InChI=1S/C33H17N8/c1-2-10-18-17(9-1)25-34-27-19-11-3-4-12-20(19)29-36-31-23-15-7-8-16-24(23)32-37-30-22-14-6-5-13-21(22)28-35-26(18)38(25)33(39(27)29,40(28)30)41(31)32/h1-16,25H/q+1/p+1/t25?,33-/m1/s1. The van der Waals surface area contributed by atoms with E-state index in [1.165, 1.54) is 5.56 Å². The van der Waals surface area contributed by atoms with Crippen molar-refractivity contribution in [2.24, 2.45) is 15.0 Å². The fraction of sp³-hybridized carbons (Fsp3) is 0.0606. The molecular formula is C33H18N8+2. The Kier molecular flexibility index (Phi) is 2.81. The van der Waals surface area contributed by atoms with Crippen LogP contribution in [0.5, 0.6) is 0 Å². The van der Waals surface area contributed by atoms with Crippen LogP contribution in [0.25, 0.3) is 10.8 Å². The van der Waals surface area contributed by atoms with Gasteiger partial charge in [0.25, 0.3) is 17.5 Å². The molecule has 1 N–H and O–H groups in total. The molecule has 8 nitrogen and oxygen atoms in total. The van der Waals surface area contributed by atoms with E-state index in [9.17, 15) is 0 Å². The molecule has 0 radical (unpaired) electrons. The summed E-state index contributed by atoms with van der Waals surface area (Å²) in [6.45, 7) is 0. The smallest absolute Gasteiger partial charge is 0.280 e. The SMILES string of the molecule is c1ccc2c(c1)C1=Nc3c4ccccc4c4n3[C@@]35N6C(=NC2=[N+]13)c1ccccc1C6NC1=[N+]5C(=N4)c2ccccc21. The molecule has 8 heterocycles. The topological polar surface area (TPSA) is 63.3 Å². The van der Waals surface area contributed by atoms with Crippen molar-refractivity contribution in [3.8, 4) is 0 Å². The van der Waals surface area contributed by atoms with Gasteiger partial charge in [-0.1, -0.05) is 69.6 Å². The molecule has 0 saturated carbocycles. The average molecular weight is 527 g/mol. The molecule has 1 unspecified atom stereocenters. The van der Waals surface area contributed by atoms with Crippen molar-refractivity contribution in [2.75, 3.05) is 0 Å². The number of hydrogen-bond acceptors (Lipinski definition) is 5. The van der Waals surface area contributed by atoms with E-state index >= 15 is 0 Å². The van der Waals surface area contributed by atoms with Crippen LogP contribution in [0.3, 0.4) is 0 Å². The van der Waals surface area contributed by atoms with Crippen LogP contribution in [0.4, 0.5) is 11.6 Å². The summed E-state index contributed by atoms with van der Waals surface area (Å²) in [6, 6.07) is 34.4. The highest BCUT2D eigenvalue weighted by Crippen LogP contribution is 2.57. The van der Waals surface area contributed by atoms with E-state index in [0.29, 0.717) is 0 Å². The number of fused-ring (bicyclic) bond motifs is 12. The third kappa shape index (κ3) is 1.78. The second-order valence-corrected chi connectivity index (χ2v) is 11.4. The minimum absolute atomic E-state index is 0.127. The molecule has 12 rings (SSSR count). The Morgan fingerprint density at radius 3 is 1.95 bits per heavy atom. The molecule has 0 aliphatic carbocycles. The van der Waals surface area contributed by atoms with E-state index in [0.717, 1.165) is 79.4 Å². The number of hydrogen-bond donors (Lipinski definition) is 1. The third-order valence-corrected chi connectivity index (χ3v) is 9.64. The summed E-state index contributed by atoms with van der Waals surface area (Å²) < 4.78 is 7.15. The number of nitrogens with one attached hydrogen (secondary N) is 1. The van der Waals surface area contributed by atoms with Crippen molar-refractivity contribution in [3.05, 3.63) is 130 Å². The lowest BCUT2D eigenvalue weighted by molar-refractivity contribution is -0.813. The highest BCUT2D eigenvalue weighted by atomic mass is 15.7. The summed E-state index contributed by atoms with van der Waals surface area (Å²) in [6.07, 6.45) is -0.127. The van der Waals surface area contributed by atoms with Gasteiger partial charge >= 0.3 is 5.91 Å². The zero-order chi connectivity index (χ0) is 26.2. The second-order valence-electron chi connectivity index (χ2n) is 11.4. The molecule has 7 aliphatic heterocycles. The van der Waals surface area contributed by atoms with Gasteiger partial charge in [0.2, 0.25) is 23.3 Å². The van der Waals surface area contributed by atoms with E-state index < -0.39 is 5.91 Å². The van der Waals surface area contributed by atoms with E-state index in [-0.39, 0.29) is 6.17 Å². The van der Waals surface area contributed by atoms with Crippen molar-refractivity contribution < 1.29 is 9.15 Å². The zero-order valence-electron chi connectivity index (χ0n) is 21.4. The molecule has 0 amide bonds. The van der Waals surface area contributed by atoms with Crippen LogP contribution in [0.2, 0.25) is 0 Å². The zero-order valence-corrected chi connectivity index (χ0v) is 21.4. The van der Waals surface area contributed by atoms with Crippen LogP contribution in [0.1, 0.15) is 39.5 Å². The van der Waals surface area contributed by atoms with Gasteiger partial charge in [0.1, 0.15) is 0 Å². The Morgan fingerprint density at radius 2 is 1.20 bits per heavy atom. The summed E-state index contributed by atoms with van der Waals surface area (Å²) in [7, 11) is 0. The monoisotopic (exact) mass is 526 g/mol. The van der Waals surface area contributed by atoms with E-state index in [2.05, 4.69) is 121 Å². The first kappa shape index (κ1) is 19.4. The highest BCUT2D eigenvalue weighted by molar-refractivity contribution is 6.24. The van der Waals surface area contributed by atoms with Gasteiger partial charge < -0.3 is 0 Å². The molecular weight excluding hydrogens is 508 g/mol. The Labute approximate surface area is 232 Å². The lowest BCUT2D eigenvalue weighted by atomic mass is 10.1. The van der Waals surface area contributed by atoms with Gasteiger partial charge in [-0.15, -0.1) is 4.58 Å². The first-order valence-electron chi connectivity index (χ1n) is 13.9. The molecule has 4 aromatic carbocycles. The van der Waals surface area contributed by atoms with Gasteiger partial charge in [-0.2, -0.15) is 9.14 Å². The van der Waals surface area contributed by atoms with Gasteiger partial charge in [0, 0.05) is 21.9 Å². The maximum absolute atomic E-state index is 5.46. The molecule has 41 heavy (non-hydrogen) atoms. The second kappa shape index (κ2) is 5.93. The van der Waals surface area contributed by atoms with Crippen molar-refractivity contribution in [1.29, 1.82) is 0 Å². The summed E-state index contributed by atoms with van der Waals surface area (Å²) >= 11 is 0. The number of aromatic nitrogens is 1. The van der Waals surface area contributed by atoms with Crippen LogP contribution in [0.15, 0.2) is 112 Å². The molecule has 188 valence electrons. The Balaban J connectivity index is 1.38. The largest absolute Gasteiger partial charge is 0.401 e. The molecule has 8 heteroatoms. The molecule has 5 aromatic rings. The van der Waals surface area contributed by atoms with Crippen LogP contribution >= 0.6 is 0 Å². The molecule has 1 aromatic heterocycles. The normalized spacial score (nSPS) is 23.9. The van der Waals surface area contributed by atoms with Crippen LogP contribution in [-0.4, -0.2) is 47.8 Å². The molecule has 7 aliphatic rings. The van der Waals surface area contributed by atoms with Crippen molar-refractivity contribution >= 4 is 51.6 Å². The maximum atomic E-state index is 5.46. The van der Waals surface area contributed by atoms with E-state index in [1.54, 1.807) is 0 Å². The highest BCUT2D eigenvalue weighted by Gasteiger charge is 2.74. The summed E-state index contributed by atoms with van der Waals surface area (Å²) in [5.74, 6) is 5.81. The minimum atomic E-state index is -0.855. The van der Waals surface area contributed by atoms with Crippen LogP contribution < -0.4 is 5.32 Å². The average Bonchev–Trinajstić information content (AvgIpc) is 3.74. The number of benzene rings is 4. The predicted molar refractivity (Wildman–Crippen MR) is 155 cm³/mol. The molecule has 2 atom stereocenters. The fourth-order valence-electron chi connectivity index (χ4n) is 8.17. The van der Waals surface area contributed by atoms with Gasteiger partial charge in [0.05, 0.1) is 22.3 Å². The maximum Gasteiger partial charge on any atom is 0.401 e. The van der Waals surface area contributed by atoms with E-state index in [4.69, 9.17) is 15.0 Å². The first-order valence-corrected chi connectivity index (χ1v) is 13.9. The van der Waals surface area contributed by atoms with Gasteiger partial charge in [0.15, 0.2) is 6.17 Å². The number of aliphatic imine (C=N–C) groups is 3. The van der Waals surface area contributed by atoms with Crippen molar-refractivity contribution in [3.63, 3.8) is 0 Å². The van der Waals surface area contributed by atoms with Crippen LogP contribution in [-0.2, 0) is 5.91 Å². The van der Waals surface area contributed by atoms with Gasteiger partial charge in [-0.25, -0.2) is 4.90 Å². The fourth-order valence-corrected chi connectivity index (χ4v) is 8.17. The lowest BCUT2D eigenvalue weighted by Gasteiger charge is -2.49. The van der Waals surface area contributed by atoms with E-state index in [1.807, 2.05) is 0 Å². The van der Waals surface area contributed by atoms with Gasteiger partial charge in [-0.05, 0) is 42.5 Å². The lowest BCUT2D eigenvalue weighted by Crippen LogP contribution is -2.75. The Hall–Kier alpha value is -5.63. The molecule has 0 fully saturated rings. The van der Waals surface area contributed by atoms with Crippen molar-refractivity contribution in [2.45, 2.75) is 12.1 Å². The predicted octanol–water partition coefficient (Wildman–Crippen LogP) is 4.32.